The van der Waals surface area contributed by atoms with Gasteiger partial charge in [-0.1, -0.05) is 13.8 Å². The minimum absolute atomic E-state index is 0.304. The van der Waals surface area contributed by atoms with Crippen LogP contribution in [0.3, 0.4) is 0 Å². The molecule has 0 amide bonds. The minimum Gasteiger partial charge on any atom is -0.354 e. The van der Waals surface area contributed by atoms with Gasteiger partial charge in [0.1, 0.15) is 11.9 Å². The van der Waals surface area contributed by atoms with Crippen LogP contribution in [0.4, 0.5) is 5.82 Å². The Morgan fingerprint density at radius 3 is 2.53 bits per heavy atom. The molecular weight excluding hydrogens is 214 g/mol. The highest BCUT2D eigenvalue weighted by molar-refractivity contribution is 5.37. The second-order valence-electron chi connectivity index (χ2n) is 4.12. The van der Waals surface area contributed by atoms with Gasteiger partial charge in [-0.3, -0.25) is 0 Å². The Labute approximate surface area is 101 Å². The van der Waals surface area contributed by atoms with E-state index in [9.17, 15) is 0 Å². The van der Waals surface area contributed by atoms with Crippen LogP contribution < -0.4 is 4.90 Å². The molecule has 0 N–H and O–H groups in total. The third-order valence-electron chi connectivity index (χ3n) is 2.16. The fourth-order valence-electron chi connectivity index (χ4n) is 1.47. The van der Waals surface area contributed by atoms with Crippen LogP contribution in [-0.4, -0.2) is 23.1 Å². The monoisotopic (exact) mass is 229 g/mol. The molecule has 0 saturated heterocycles. The van der Waals surface area contributed by atoms with Crippen molar-refractivity contribution in [3.8, 4) is 12.1 Å². The van der Waals surface area contributed by atoms with Crippen LogP contribution >= 0.6 is 0 Å². The van der Waals surface area contributed by atoms with E-state index in [0.717, 1.165) is 6.54 Å². The number of nitrogens with zero attached hydrogens (tertiary/aromatic N) is 5. The standard InChI is InChI=1S/C12H15N5/c1-10(2)9-17(5-3-4-13)12-8-15-11(6-14)7-16-12/h7-8,10H,3,5,9H2,1-2H3. The summed E-state index contributed by atoms with van der Waals surface area (Å²) < 4.78 is 0. The Hall–Kier alpha value is -2.14. The van der Waals surface area contributed by atoms with Crippen molar-refractivity contribution >= 4 is 5.82 Å². The zero-order valence-electron chi connectivity index (χ0n) is 10.1. The molecule has 0 aliphatic heterocycles. The SMILES string of the molecule is CC(C)CN(CCC#N)c1cnc(C#N)cn1. The summed E-state index contributed by atoms with van der Waals surface area (Å²) in [6.45, 7) is 5.67. The molecule has 0 radical (unpaired) electrons. The number of rotatable bonds is 5. The van der Waals surface area contributed by atoms with Crippen LogP contribution in [0.2, 0.25) is 0 Å². The summed E-state index contributed by atoms with van der Waals surface area (Å²) in [5.74, 6) is 1.19. The lowest BCUT2D eigenvalue weighted by Crippen LogP contribution is -2.29. The van der Waals surface area contributed by atoms with Gasteiger partial charge in [0.15, 0.2) is 5.69 Å². The lowest BCUT2D eigenvalue weighted by molar-refractivity contribution is 0.607. The molecule has 5 nitrogen and oxygen atoms in total. The molecule has 1 aromatic heterocycles. The molecule has 0 aromatic carbocycles. The topological polar surface area (TPSA) is 76.6 Å². The number of hydrogen-bond acceptors (Lipinski definition) is 5. The summed E-state index contributed by atoms with van der Waals surface area (Å²) in [6, 6.07) is 4.05. The normalized spacial score (nSPS) is 9.71. The Bertz CT molecular complexity index is 424. The fourth-order valence-corrected chi connectivity index (χ4v) is 1.47. The quantitative estimate of drug-likeness (QED) is 0.768. The number of aromatic nitrogens is 2. The second-order valence-corrected chi connectivity index (χ2v) is 4.12. The number of hydrogen-bond donors (Lipinski definition) is 0. The van der Waals surface area contributed by atoms with Gasteiger partial charge in [-0.05, 0) is 5.92 Å². The van der Waals surface area contributed by atoms with Gasteiger partial charge in [0.2, 0.25) is 0 Å². The van der Waals surface area contributed by atoms with Crippen LogP contribution in [0.5, 0.6) is 0 Å². The lowest BCUT2D eigenvalue weighted by Gasteiger charge is -2.24. The van der Waals surface area contributed by atoms with E-state index in [0.29, 0.717) is 30.4 Å². The third-order valence-corrected chi connectivity index (χ3v) is 2.16. The Kier molecular flexibility index (Phi) is 4.90. The first-order chi connectivity index (χ1) is 8.17. The van der Waals surface area contributed by atoms with Gasteiger partial charge >= 0.3 is 0 Å². The second kappa shape index (κ2) is 6.44. The van der Waals surface area contributed by atoms with Crippen molar-refractivity contribution in [3.63, 3.8) is 0 Å². The average molecular weight is 229 g/mol. The summed E-state index contributed by atoms with van der Waals surface area (Å²) in [6.07, 6.45) is 3.49. The first-order valence-corrected chi connectivity index (χ1v) is 5.51. The average Bonchev–Trinajstić information content (AvgIpc) is 2.34. The van der Waals surface area contributed by atoms with Gasteiger partial charge in [-0.15, -0.1) is 0 Å². The van der Waals surface area contributed by atoms with Crippen molar-refractivity contribution in [2.45, 2.75) is 20.3 Å². The van der Waals surface area contributed by atoms with Gasteiger partial charge in [-0.2, -0.15) is 10.5 Å². The molecule has 0 fully saturated rings. The summed E-state index contributed by atoms with van der Waals surface area (Å²) in [5, 5.41) is 17.3. The molecule has 1 aromatic rings. The maximum Gasteiger partial charge on any atom is 0.158 e. The maximum atomic E-state index is 8.64. The van der Waals surface area contributed by atoms with E-state index in [1.165, 1.54) is 6.20 Å². The molecule has 0 aliphatic carbocycles. The Morgan fingerprint density at radius 1 is 1.29 bits per heavy atom. The number of anilines is 1. The van der Waals surface area contributed by atoms with E-state index >= 15 is 0 Å². The van der Waals surface area contributed by atoms with E-state index in [4.69, 9.17) is 10.5 Å². The Morgan fingerprint density at radius 2 is 2.06 bits per heavy atom. The predicted molar refractivity (Wildman–Crippen MR) is 64.0 cm³/mol. The predicted octanol–water partition coefficient (Wildman–Crippen LogP) is 1.72. The Balaban J connectivity index is 2.81. The van der Waals surface area contributed by atoms with Crippen molar-refractivity contribution in [1.29, 1.82) is 10.5 Å². The van der Waals surface area contributed by atoms with Crippen LogP contribution in [-0.2, 0) is 0 Å². The van der Waals surface area contributed by atoms with Crippen LogP contribution in [0.25, 0.3) is 0 Å². The molecule has 0 spiro atoms. The highest BCUT2D eigenvalue weighted by Crippen LogP contribution is 2.11. The first kappa shape index (κ1) is 12.9. The molecule has 17 heavy (non-hydrogen) atoms. The van der Waals surface area contributed by atoms with Crippen LogP contribution in [0.15, 0.2) is 12.4 Å². The van der Waals surface area contributed by atoms with E-state index in [1.54, 1.807) is 6.20 Å². The van der Waals surface area contributed by atoms with E-state index < -0.39 is 0 Å². The number of nitriles is 2. The molecular formula is C12H15N5. The summed E-state index contributed by atoms with van der Waals surface area (Å²) in [4.78, 5) is 10.2. The highest BCUT2D eigenvalue weighted by atomic mass is 15.2. The van der Waals surface area contributed by atoms with Gasteiger partial charge < -0.3 is 4.90 Å². The lowest BCUT2D eigenvalue weighted by atomic mass is 10.2. The molecule has 0 saturated carbocycles. The van der Waals surface area contributed by atoms with Crippen LogP contribution in [0.1, 0.15) is 26.0 Å². The maximum absolute atomic E-state index is 8.64. The van der Waals surface area contributed by atoms with E-state index in [2.05, 4.69) is 29.9 Å². The van der Waals surface area contributed by atoms with Gasteiger partial charge in [0.05, 0.1) is 24.9 Å². The summed E-state index contributed by atoms with van der Waals surface area (Å²) in [5.41, 5.74) is 0.304. The molecule has 0 aliphatic rings. The fraction of sp³-hybridized carbons (Fsp3) is 0.500. The minimum atomic E-state index is 0.304. The van der Waals surface area contributed by atoms with E-state index in [-0.39, 0.29) is 0 Å². The molecule has 0 unspecified atom stereocenters. The molecule has 0 bridgehead atoms. The molecule has 5 heteroatoms. The smallest absolute Gasteiger partial charge is 0.158 e. The van der Waals surface area contributed by atoms with Crippen molar-refractivity contribution < 1.29 is 0 Å². The zero-order chi connectivity index (χ0) is 12.7. The van der Waals surface area contributed by atoms with Gasteiger partial charge in [0, 0.05) is 13.1 Å². The van der Waals surface area contributed by atoms with Gasteiger partial charge in [-0.25, -0.2) is 9.97 Å². The summed E-state index contributed by atoms with van der Waals surface area (Å²) >= 11 is 0. The zero-order valence-corrected chi connectivity index (χ0v) is 10.1. The third kappa shape index (κ3) is 4.08. The van der Waals surface area contributed by atoms with Crippen molar-refractivity contribution in [3.05, 3.63) is 18.1 Å². The first-order valence-electron chi connectivity index (χ1n) is 5.51. The molecule has 88 valence electrons. The van der Waals surface area contributed by atoms with Crippen molar-refractivity contribution in [2.75, 3.05) is 18.0 Å². The van der Waals surface area contributed by atoms with Crippen molar-refractivity contribution in [1.82, 2.24) is 9.97 Å². The molecule has 0 atom stereocenters. The summed E-state index contributed by atoms with van der Waals surface area (Å²) in [7, 11) is 0. The largest absolute Gasteiger partial charge is 0.354 e. The van der Waals surface area contributed by atoms with Crippen molar-refractivity contribution in [2.24, 2.45) is 5.92 Å². The van der Waals surface area contributed by atoms with Crippen LogP contribution in [0, 0.1) is 28.6 Å². The highest BCUT2D eigenvalue weighted by Gasteiger charge is 2.10. The molecule has 1 heterocycles. The van der Waals surface area contributed by atoms with E-state index in [1.807, 2.05) is 11.0 Å². The van der Waals surface area contributed by atoms with Gasteiger partial charge in [0.25, 0.3) is 0 Å². The molecule has 1 rings (SSSR count).